The van der Waals surface area contributed by atoms with Gasteiger partial charge in [-0.1, -0.05) is 0 Å². The Hall–Kier alpha value is -2.96. The lowest BCUT2D eigenvalue weighted by Gasteiger charge is -2.15. The molecule has 0 bridgehead atoms. The minimum Gasteiger partial charge on any atom is -0.493 e. The molecule has 0 amide bonds. The van der Waals surface area contributed by atoms with Crippen LogP contribution in [0.15, 0.2) is 41.5 Å². The van der Waals surface area contributed by atoms with Crippen molar-refractivity contribution in [2.24, 2.45) is 4.99 Å². The van der Waals surface area contributed by atoms with Gasteiger partial charge in [-0.25, -0.2) is 9.98 Å². The van der Waals surface area contributed by atoms with Gasteiger partial charge in [0.15, 0.2) is 17.5 Å². The second kappa shape index (κ2) is 10.3. The number of aliphatic imine (C=N–C) groups is 1. The highest BCUT2D eigenvalue weighted by Gasteiger charge is 2.07. The number of pyridine rings is 1. The van der Waals surface area contributed by atoms with Crippen molar-refractivity contribution in [1.82, 2.24) is 10.3 Å². The summed E-state index contributed by atoms with van der Waals surface area (Å²) < 4.78 is 11.0. The van der Waals surface area contributed by atoms with Crippen LogP contribution in [0, 0.1) is 0 Å². The average molecular weight is 371 g/mol. The number of aromatic nitrogens is 1. The van der Waals surface area contributed by atoms with E-state index in [2.05, 4.69) is 20.6 Å². The van der Waals surface area contributed by atoms with E-state index in [4.69, 9.17) is 9.47 Å². The number of hydrogen-bond donors (Lipinski definition) is 2. The van der Waals surface area contributed by atoms with Crippen LogP contribution in [0.1, 0.15) is 19.4 Å². The van der Waals surface area contributed by atoms with E-state index >= 15 is 0 Å². The van der Waals surface area contributed by atoms with Gasteiger partial charge in [0, 0.05) is 38.6 Å². The SMILES string of the molecule is CCNC(=NCc1ccnc(N(C)C)c1)Nc1ccc(OC)c(OCC)c1. The molecule has 27 heavy (non-hydrogen) atoms. The molecule has 1 aromatic heterocycles. The maximum Gasteiger partial charge on any atom is 0.196 e. The van der Waals surface area contributed by atoms with Crippen LogP contribution in [0.25, 0.3) is 0 Å². The molecule has 0 radical (unpaired) electrons. The Balaban J connectivity index is 2.16. The number of ether oxygens (including phenoxy) is 2. The van der Waals surface area contributed by atoms with Crippen molar-refractivity contribution in [1.29, 1.82) is 0 Å². The normalized spacial score (nSPS) is 11.1. The highest BCUT2D eigenvalue weighted by molar-refractivity contribution is 5.93. The minimum atomic E-state index is 0.549. The number of nitrogens with zero attached hydrogens (tertiary/aromatic N) is 3. The highest BCUT2D eigenvalue weighted by Crippen LogP contribution is 2.30. The third kappa shape index (κ3) is 6.06. The fourth-order valence-corrected chi connectivity index (χ4v) is 2.44. The largest absolute Gasteiger partial charge is 0.493 e. The predicted molar refractivity (Wildman–Crippen MR) is 111 cm³/mol. The molecular weight excluding hydrogens is 342 g/mol. The van der Waals surface area contributed by atoms with Gasteiger partial charge in [0.2, 0.25) is 0 Å². The number of hydrogen-bond acceptors (Lipinski definition) is 5. The van der Waals surface area contributed by atoms with E-state index in [1.165, 1.54) is 0 Å². The van der Waals surface area contributed by atoms with Gasteiger partial charge in [-0.05, 0) is 43.7 Å². The molecule has 0 aliphatic rings. The Morgan fingerprint density at radius 1 is 1.15 bits per heavy atom. The summed E-state index contributed by atoms with van der Waals surface area (Å²) in [5, 5.41) is 6.57. The molecule has 0 aliphatic carbocycles. The first-order chi connectivity index (χ1) is 13.1. The lowest BCUT2D eigenvalue weighted by molar-refractivity contribution is 0.311. The Morgan fingerprint density at radius 3 is 2.63 bits per heavy atom. The molecule has 2 N–H and O–H groups in total. The third-order valence-electron chi connectivity index (χ3n) is 3.76. The molecule has 0 fully saturated rings. The maximum atomic E-state index is 5.64. The Labute approximate surface area is 161 Å². The zero-order valence-electron chi connectivity index (χ0n) is 16.7. The van der Waals surface area contributed by atoms with Crippen molar-refractivity contribution in [3.8, 4) is 11.5 Å². The van der Waals surface area contributed by atoms with Crippen LogP contribution >= 0.6 is 0 Å². The van der Waals surface area contributed by atoms with Crippen molar-refractivity contribution in [3.05, 3.63) is 42.1 Å². The van der Waals surface area contributed by atoms with Gasteiger partial charge < -0.3 is 25.0 Å². The molecule has 1 aromatic carbocycles. The number of rotatable bonds is 8. The molecule has 1 heterocycles. The summed E-state index contributed by atoms with van der Waals surface area (Å²) in [4.78, 5) is 11.0. The fourth-order valence-electron chi connectivity index (χ4n) is 2.44. The van der Waals surface area contributed by atoms with Gasteiger partial charge in [0.1, 0.15) is 5.82 Å². The van der Waals surface area contributed by atoms with Crippen molar-refractivity contribution < 1.29 is 9.47 Å². The quantitative estimate of drug-likeness (QED) is 0.549. The second-order valence-corrected chi connectivity index (χ2v) is 6.04. The molecule has 0 aliphatic heterocycles. The average Bonchev–Trinajstić information content (AvgIpc) is 2.67. The van der Waals surface area contributed by atoms with E-state index in [1.807, 2.05) is 63.2 Å². The van der Waals surface area contributed by atoms with Crippen LogP contribution in [-0.4, -0.2) is 45.3 Å². The number of anilines is 2. The van der Waals surface area contributed by atoms with Gasteiger partial charge in [-0.15, -0.1) is 0 Å². The van der Waals surface area contributed by atoms with E-state index in [9.17, 15) is 0 Å². The lowest BCUT2D eigenvalue weighted by atomic mass is 10.2. The van der Waals surface area contributed by atoms with E-state index in [-0.39, 0.29) is 0 Å². The third-order valence-corrected chi connectivity index (χ3v) is 3.76. The second-order valence-electron chi connectivity index (χ2n) is 6.04. The van der Waals surface area contributed by atoms with Crippen molar-refractivity contribution in [2.45, 2.75) is 20.4 Å². The Kier molecular flexibility index (Phi) is 7.73. The van der Waals surface area contributed by atoms with Crippen LogP contribution in [0.2, 0.25) is 0 Å². The zero-order valence-corrected chi connectivity index (χ0v) is 16.7. The highest BCUT2D eigenvalue weighted by atomic mass is 16.5. The van der Waals surface area contributed by atoms with Crippen LogP contribution in [0.5, 0.6) is 11.5 Å². The monoisotopic (exact) mass is 371 g/mol. The number of methoxy groups -OCH3 is 1. The van der Waals surface area contributed by atoms with E-state index < -0.39 is 0 Å². The molecule has 0 atom stereocenters. The van der Waals surface area contributed by atoms with E-state index in [0.29, 0.717) is 30.6 Å². The van der Waals surface area contributed by atoms with Gasteiger partial charge >= 0.3 is 0 Å². The number of guanidine groups is 1. The van der Waals surface area contributed by atoms with E-state index in [0.717, 1.165) is 23.6 Å². The first-order valence-electron chi connectivity index (χ1n) is 9.05. The summed E-state index contributed by atoms with van der Waals surface area (Å²) in [6, 6.07) is 9.73. The first kappa shape index (κ1) is 20.4. The Bertz CT molecular complexity index is 762. The number of benzene rings is 1. The molecule has 0 saturated carbocycles. The summed E-state index contributed by atoms with van der Waals surface area (Å²) in [5.74, 6) is 3.02. The van der Waals surface area contributed by atoms with Gasteiger partial charge in [0.05, 0.1) is 20.3 Å². The zero-order chi connectivity index (χ0) is 19.6. The summed E-state index contributed by atoms with van der Waals surface area (Å²) in [5.41, 5.74) is 1.97. The summed E-state index contributed by atoms with van der Waals surface area (Å²) >= 11 is 0. The summed E-state index contributed by atoms with van der Waals surface area (Å²) in [7, 11) is 5.58. The van der Waals surface area contributed by atoms with Crippen LogP contribution in [-0.2, 0) is 6.54 Å². The molecular formula is C20H29N5O2. The van der Waals surface area contributed by atoms with Crippen LogP contribution in [0.3, 0.4) is 0 Å². The molecule has 0 spiro atoms. The van der Waals surface area contributed by atoms with Gasteiger partial charge in [-0.3, -0.25) is 0 Å². The molecule has 2 aromatic rings. The predicted octanol–water partition coefficient (Wildman–Crippen LogP) is 3.13. The molecule has 7 heteroatoms. The summed E-state index contributed by atoms with van der Waals surface area (Å²) in [6.45, 7) is 5.87. The lowest BCUT2D eigenvalue weighted by Crippen LogP contribution is -2.30. The Morgan fingerprint density at radius 2 is 1.96 bits per heavy atom. The molecule has 2 rings (SSSR count). The standard InChI is InChI=1S/C20H29N5O2/c1-6-21-20(23-14-15-10-11-22-19(12-15)25(3)4)24-16-8-9-17(26-5)18(13-16)27-7-2/h8-13H,6-7,14H2,1-5H3,(H2,21,23,24). The van der Waals surface area contributed by atoms with Gasteiger partial charge in [0.25, 0.3) is 0 Å². The van der Waals surface area contributed by atoms with Crippen molar-refractivity contribution >= 4 is 17.5 Å². The first-order valence-corrected chi connectivity index (χ1v) is 9.05. The van der Waals surface area contributed by atoms with Crippen molar-refractivity contribution in [2.75, 3.05) is 44.6 Å². The fraction of sp³-hybridized carbons (Fsp3) is 0.400. The van der Waals surface area contributed by atoms with Gasteiger partial charge in [-0.2, -0.15) is 0 Å². The minimum absolute atomic E-state index is 0.549. The van der Waals surface area contributed by atoms with E-state index in [1.54, 1.807) is 13.3 Å². The topological polar surface area (TPSA) is 71.0 Å². The summed E-state index contributed by atoms with van der Waals surface area (Å²) in [6.07, 6.45) is 1.80. The number of nitrogens with one attached hydrogen (secondary N) is 2. The molecule has 7 nitrogen and oxygen atoms in total. The molecule has 0 saturated heterocycles. The smallest absolute Gasteiger partial charge is 0.196 e. The van der Waals surface area contributed by atoms with Crippen LogP contribution < -0.4 is 25.0 Å². The molecule has 146 valence electrons. The maximum absolute atomic E-state index is 5.64. The van der Waals surface area contributed by atoms with Crippen molar-refractivity contribution in [3.63, 3.8) is 0 Å². The van der Waals surface area contributed by atoms with Crippen LogP contribution in [0.4, 0.5) is 11.5 Å². The molecule has 0 unspecified atom stereocenters.